The van der Waals surface area contributed by atoms with Crippen LogP contribution < -0.4 is 15.0 Å². The number of benzene rings is 2. The van der Waals surface area contributed by atoms with Crippen LogP contribution in [0.1, 0.15) is 16.1 Å². The fourth-order valence-corrected chi connectivity index (χ4v) is 4.27. The van der Waals surface area contributed by atoms with Gasteiger partial charge in [-0.3, -0.25) is 19.5 Å². The van der Waals surface area contributed by atoms with E-state index in [1.165, 1.54) is 36.4 Å². The Kier molecular flexibility index (Phi) is 6.47. The number of hydrogen-bond donors (Lipinski definition) is 1. The van der Waals surface area contributed by atoms with E-state index in [1.807, 2.05) is 0 Å². The molecule has 1 aromatic heterocycles. The molecule has 0 unspecified atom stereocenters. The van der Waals surface area contributed by atoms with Crippen molar-refractivity contribution < 1.29 is 23.1 Å². The number of amides is 2. The second-order valence-corrected chi connectivity index (χ2v) is 8.41. The highest BCUT2D eigenvalue weighted by molar-refractivity contribution is 8.27. The summed E-state index contributed by atoms with van der Waals surface area (Å²) in [6.45, 7) is 0. The number of thioether (sulfide) groups is 1. The average molecular weight is 484 g/mol. The molecule has 0 bridgehead atoms. The Morgan fingerprint density at radius 3 is 2.58 bits per heavy atom. The van der Waals surface area contributed by atoms with E-state index in [1.54, 1.807) is 30.3 Å². The van der Waals surface area contributed by atoms with Gasteiger partial charge in [-0.2, -0.15) is 0 Å². The van der Waals surface area contributed by atoms with Crippen LogP contribution in [0.2, 0.25) is 0 Å². The number of halogens is 2. The lowest BCUT2D eigenvalue weighted by Crippen LogP contribution is -2.27. The molecule has 0 atom stereocenters. The third-order valence-corrected chi connectivity index (χ3v) is 5.87. The Bertz CT molecular complexity index is 1300. The summed E-state index contributed by atoms with van der Waals surface area (Å²) in [6.07, 6.45) is 2.81. The summed E-state index contributed by atoms with van der Waals surface area (Å²) >= 11 is 6.36. The molecule has 0 spiro atoms. The molecule has 1 aliphatic heterocycles. The van der Waals surface area contributed by atoms with Crippen LogP contribution in [-0.4, -0.2) is 28.2 Å². The number of thiocarbonyl (C=S) groups is 1. The smallest absolute Gasteiger partial charge is 0.270 e. The molecule has 1 fully saturated rings. The molecule has 1 saturated heterocycles. The molecule has 4 rings (SSSR count). The van der Waals surface area contributed by atoms with E-state index in [4.69, 9.17) is 17.0 Å². The number of anilines is 1. The van der Waals surface area contributed by atoms with Gasteiger partial charge in [-0.15, -0.1) is 0 Å². The van der Waals surface area contributed by atoms with E-state index in [-0.39, 0.29) is 26.4 Å². The van der Waals surface area contributed by atoms with Gasteiger partial charge in [0.25, 0.3) is 11.8 Å². The minimum Gasteiger partial charge on any atom is -0.457 e. The van der Waals surface area contributed by atoms with Gasteiger partial charge in [0.15, 0.2) is 4.32 Å². The molecule has 2 amide bonds. The summed E-state index contributed by atoms with van der Waals surface area (Å²) in [5, 5.41) is 2.49. The number of rotatable bonds is 5. The van der Waals surface area contributed by atoms with Crippen LogP contribution in [0.15, 0.2) is 65.7 Å². The lowest BCUT2D eigenvalue weighted by molar-refractivity contribution is -0.113. The minimum atomic E-state index is -0.766. The number of carbonyl (C=O) groups excluding carboxylic acids is 2. The van der Waals surface area contributed by atoms with E-state index >= 15 is 0 Å². The quantitative estimate of drug-likeness (QED) is 0.411. The molecule has 0 radical (unpaired) electrons. The number of pyridine rings is 1. The Morgan fingerprint density at radius 1 is 1.12 bits per heavy atom. The Hall–Kier alpha value is -3.63. The first kappa shape index (κ1) is 22.6. The number of nitrogens with one attached hydrogen (secondary N) is 1. The molecule has 10 heteroatoms. The molecule has 1 N–H and O–H groups in total. The Labute approximate surface area is 197 Å². The Balaban J connectivity index is 1.52. The fourth-order valence-electron chi connectivity index (χ4n) is 2.98. The number of carbonyl (C=O) groups is 2. The fraction of sp³-hybridized carbons (Fsp3) is 0.0435. The van der Waals surface area contributed by atoms with E-state index in [2.05, 4.69) is 10.3 Å². The Morgan fingerprint density at radius 2 is 1.88 bits per heavy atom. The zero-order chi connectivity index (χ0) is 23.5. The largest absolute Gasteiger partial charge is 0.457 e. The van der Waals surface area contributed by atoms with E-state index in [0.29, 0.717) is 17.2 Å². The van der Waals surface area contributed by atoms with Crippen molar-refractivity contribution in [3.05, 3.63) is 88.6 Å². The van der Waals surface area contributed by atoms with Crippen LogP contribution in [0.4, 0.5) is 14.5 Å². The normalized spacial score (nSPS) is 14.6. The maximum atomic E-state index is 14.0. The number of ether oxygens (including phenoxy) is 1. The van der Waals surface area contributed by atoms with E-state index < -0.39 is 17.5 Å². The van der Waals surface area contributed by atoms with Gasteiger partial charge >= 0.3 is 0 Å². The van der Waals surface area contributed by atoms with Crippen molar-refractivity contribution in [3.8, 4) is 11.5 Å². The van der Waals surface area contributed by atoms with Crippen molar-refractivity contribution in [2.45, 2.75) is 0 Å². The molecule has 6 nitrogen and oxygen atoms in total. The molecular weight excluding hydrogens is 468 g/mol. The zero-order valence-corrected chi connectivity index (χ0v) is 18.7. The monoisotopic (exact) mass is 483 g/mol. The molecule has 2 aromatic carbocycles. The van der Waals surface area contributed by atoms with Crippen molar-refractivity contribution in [1.29, 1.82) is 0 Å². The van der Waals surface area contributed by atoms with Crippen LogP contribution >= 0.6 is 24.0 Å². The van der Waals surface area contributed by atoms with Gasteiger partial charge in [0.05, 0.1) is 10.6 Å². The van der Waals surface area contributed by atoms with E-state index in [9.17, 15) is 18.4 Å². The van der Waals surface area contributed by atoms with Gasteiger partial charge < -0.3 is 10.1 Å². The van der Waals surface area contributed by atoms with Crippen LogP contribution in [-0.2, 0) is 4.79 Å². The molecule has 3 aromatic rings. The predicted octanol–water partition coefficient (Wildman–Crippen LogP) is 4.92. The topological polar surface area (TPSA) is 71.5 Å². The molecular formula is C23H15F2N3O3S2. The standard InChI is InChI=1S/C23H15F2N3O3S2/c1-26-21(29)19-12-17(8-9-27-19)31-16-6-4-15(5-7-16)28-22(30)20(33-23(28)32)10-13-2-3-14(24)11-18(13)25/h2-12H,1H3,(H,26,29)/b20-10-. The lowest BCUT2D eigenvalue weighted by Gasteiger charge is -2.15. The van der Waals surface area contributed by atoms with Gasteiger partial charge in [0.1, 0.15) is 28.8 Å². The molecule has 0 saturated carbocycles. The average Bonchev–Trinajstić information content (AvgIpc) is 3.08. The molecule has 0 aliphatic carbocycles. The van der Waals surface area contributed by atoms with Gasteiger partial charge in [-0.25, -0.2) is 8.78 Å². The van der Waals surface area contributed by atoms with E-state index in [0.717, 1.165) is 23.9 Å². The lowest BCUT2D eigenvalue weighted by atomic mass is 10.2. The second kappa shape index (κ2) is 9.47. The van der Waals surface area contributed by atoms with Gasteiger partial charge in [-0.1, -0.05) is 24.0 Å². The first-order valence-corrected chi connectivity index (χ1v) is 10.8. The SMILES string of the molecule is CNC(=O)c1cc(Oc2ccc(N3C(=O)/C(=C/c4ccc(F)cc4F)SC3=S)cc2)ccn1. The molecule has 2 heterocycles. The maximum absolute atomic E-state index is 14.0. The zero-order valence-electron chi connectivity index (χ0n) is 17.0. The van der Waals surface area contributed by atoms with Crippen LogP contribution in [0.3, 0.4) is 0 Å². The summed E-state index contributed by atoms with van der Waals surface area (Å²) in [5.74, 6) is -1.31. The van der Waals surface area contributed by atoms with Crippen molar-refractivity contribution in [2.24, 2.45) is 0 Å². The molecule has 1 aliphatic rings. The highest BCUT2D eigenvalue weighted by Crippen LogP contribution is 2.37. The predicted molar refractivity (Wildman–Crippen MR) is 126 cm³/mol. The number of nitrogens with zero attached hydrogens (tertiary/aromatic N) is 2. The van der Waals surface area contributed by atoms with Gasteiger partial charge in [0, 0.05) is 30.9 Å². The highest BCUT2D eigenvalue weighted by atomic mass is 32.2. The minimum absolute atomic E-state index is 0.0918. The van der Waals surface area contributed by atoms with Crippen molar-refractivity contribution in [3.63, 3.8) is 0 Å². The number of hydrogen-bond acceptors (Lipinski definition) is 6. The third kappa shape index (κ3) is 4.91. The first-order chi connectivity index (χ1) is 15.9. The molecule has 166 valence electrons. The highest BCUT2D eigenvalue weighted by Gasteiger charge is 2.33. The van der Waals surface area contributed by atoms with Gasteiger partial charge in [-0.05, 0) is 48.5 Å². The third-order valence-electron chi connectivity index (χ3n) is 4.56. The first-order valence-electron chi connectivity index (χ1n) is 9.55. The summed E-state index contributed by atoms with van der Waals surface area (Å²) in [6, 6.07) is 12.9. The summed E-state index contributed by atoms with van der Waals surface area (Å²) in [7, 11) is 1.51. The number of aromatic nitrogens is 1. The summed E-state index contributed by atoms with van der Waals surface area (Å²) < 4.78 is 33.1. The molecule has 33 heavy (non-hydrogen) atoms. The summed E-state index contributed by atoms with van der Waals surface area (Å²) in [5.41, 5.74) is 0.816. The summed E-state index contributed by atoms with van der Waals surface area (Å²) in [4.78, 5) is 30.1. The van der Waals surface area contributed by atoms with Gasteiger partial charge in [0.2, 0.25) is 0 Å². The van der Waals surface area contributed by atoms with Crippen LogP contribution in [0.25, 0.3) is 6.08 Å². The van der Waals surface area contributed by atoms with Crippen LogP contribution in [0.5, 0.6) is 11.5 Å². The van der Waals surface area contributed by atoms with Crippen LogP contribution in [0, 0.1) is 11.6 Å². The van der Waals surface area contributed by atoms with Crippen molar-refractivity contribution in [1.82, 2.24) is 10.3 Å². The second-order valence-electron chi connectivity index (χ2n) is 6.73. The van der Waals surface area contributed by atoms with Crippen molar-refractivity contribution >= 4 is 51.9 Å². The maximum Gasteiger partial charge on any atom is 0.270 e. The van der Waals surface area contributed by atoms with Crippen molar-refractivity contribution in [2.75, 3.05) is 11.9 Å².